The summed E-state index contributed by atoms with van der Waals surface area (Å²) in [4.78, 5) is 0.802. The molecule has 0 radical (unpaired) electrons. The molecule has 0 aliphatic heterocycles. The number of methoxy groups -OCH3 is 2. The fourth-order valence-electron chi connectivity index (χ4n) is 3.67. The molecule has 3 aromatic carbocycles. The third-order valence-electron chi connectivity index (χ3n) is 5.32. The van der Waals surface area contributed by atoms with Crippen molar-refractivity contribution in [3.8, 4) is 22.6 Å². The van der Waals surface area contributed by atoms with Crippen molar-refractivity contribution in [2.45, 2.75) is 12.8 Å². The van der Waals surface area contributed by atoms with Gasteiger partial charge in [0, 0.05) is 12.8 Å². The maximum atomic E-state index is 5.41. The lowest BCUT2D eigenvalue weighted by Crippen LogP contribution is -2.00. The number of fused-ring (bicyclic) bond motifs is 1. The summed E-state index contributed by atoms with van der Waals surface area (Å²) in [6.45, 7) is 0. The van der Waals surface area contributed by atoms with E-state index in [2.05, 4.69) is 58.7 Å². The normalized spacial score (nSPS) is 11.1. The van der Waals surface area contributed by atoms with E-state index >= 15 is 0 Å². The van der Waals surface area contributed by atoms with Gasteiger partial charge in [0.25, 0.3) is 0 Å². The first kappa shape index (κ1) is 20.2. The first-order valence-corrected chi connectivity index (χ1v) is 11.1. The van der Waals surface area contributed by atoms with Crippen LogP contribution in [0.25, 0.3) is 16.1 Å². The lowest BCUT2D eigenvalue weighted by molar-refractivity contribution is 0.354. The molecule has 0 aliphatic carbocycles. The van der Waals surface area contributed by atoms with Gasteiger partial charge in [-0.2, -0.15) is 9.61 Å². The number of hydrogen-bond donors (Lipinski definition) is 0. The zero-order valence-corrected chi connectivity index (χ0v) is 18.7. The van der Waals surface area contributed by atoms with Gasteiger partial charge in [0.05, 0.1) is 14.2 Å². The Labute approximate surface area is 190 Å². The summed E-state index contributed by atoms with van der Waals surface area (Å²) in [6.07, 6.45) is 1.37. The second-order valence-electron chi connectivity index (χ2n) is 7.41. The van der Waals surface area contributed by atoms with Crippen molar-refractivity contribution in [2.24, 2.45) is 0 Å². The zero-order chi connectivity index (χ0) is 21.9. The predicted molar refractivity (Wildman–Crippen MR) is 126 cm³/mol. The smallest absolute Gasteiger partial charge is 0.234 e. The van der Waals surface area contributed by atoms with Crippen LogP contribution in [0.1, 0.15) is 22.0 Å². The van der Waals surface area contributed by atoms with E-state index in [-0.39, 0.29) is 0 Å². The van der Waals surface area contributed by atoms with Crippen LogP contribution in [-0.4, -0.2) is 34.0 Å². The summed E-state index contributed by atoms with van der Waals surface area (Å²) < 4.78 is 12.6. The third-order valence-corrected chi connectivity index (χ3v) is 6.22. The van der Waals surface area contributed by atoms with E-state index in [0.717, 1.165) is 27.8 Å². The maximum absolute atomic E-state index is 5.41. The van der Waals surface area contributed by atoms with Crippen LogP contribution in [0.15, 0.2) is 72.8 Å². The van der Waals surface area contributed by atoms with Gasteiger partial charge in [0.2, 0.25) is 4.96 Å². The van der Waals surface area contributed by atoms with Gasteiger partial charge < -0.3 is 9.47 Å². The van der Waals surface area contributed by atoms with Gasteiger partial charge in [-0.15, -0.1) is 10.2 Å². The van der Waals surface area contributed by atoms with E-state index in [1.807, 2.05) is 28.8 Å². The summed E-state index contributed by atoms with van der Waals surface area (Å²) in [7, 11) is 3.27. The van der Waals surface area contributed by atoms with Gasteiger partial charge in [-0.1, -0.05) is 72.0 Å². The van der Waals surface area contributed by atoms with Crippen LogP contribution in [0.4, 0.5) is 0 Å². The number of ether oxygens (including phenoxy) is 2. The molecule has 0 unspecified atom stereocenters. The van der Waals surface area contributed by atoms with Crippen molar-refractivity contribution in [2.75, 3.05) is 14.2 Å². The Morgan fingerprint density at radius 3 is 2.22 bits per heavy atom. The van der Waals surface area contributed by atoms with Crippen molar-refractivity contribution in [1.29, 1.82) is 0 Å². The van der Waals surface area contributed by atoms with Gasteiger partial charge in [0.1, 0.15) is 5.01 Å². The molecule has 2 aromatic heterocycles. The summed E-state index contributed by atoms with van der Waals surface area (Å²) in [5, 5.41) is 14.4. The Hall–Kier alpha value is -3.71. The molecular formula is C25H22N4O2S. The monoisotopic (exact) mass is 442 g/mol. The maximum Gasteiger partial charge on any atom is 0.234 e. The number of aromatic nitrogens is 4. The minimum atomic E-state index is 0.608. The molecule has 5 rings (SSSR count). The highest BCUT2D eigenvalue weighted by atomic mass is 32.1. The van der Waals surface area contributed by atoms with Crippen molar-refractivity contribution in [3.05, 3.63) is 94.8 Å². The minimum Gasteiger partial charge on any atom is -0.493 e. The Morgan fingerprint density at radius 2 is 1.47 bits per heavy atom. The molecule has 0 spiro atoms. The SMILES string of the molecule is COc1ccc(Cc2nnc3sc(Cc4ccc(-c5ccccc5)cc4)nn23)cc1OC. The first-order valence-electron chi connectivity index (χ1n) is 10.3. The zero-order valence-electron chi connectivity index (χ0n) is 17.9. The van der Waals surface area contributed by atoms with Crippen LogP contribution in [0.2, 0.25) is 0 Å². The van der Waals surface area contributed by atoms with Crippen LogP contribution in [0, 0.1) is 0 Å². The lowest BCUT2D eigenvalue weighted by Gasteiger charge is -2.08. The highest BCUT2D eigenvalue weighted by Gasteiger charge is 2.14. The number of hydrogen-bond acceptors (Lipinski definition) is 6. The number of nitrogens with zero attached hydrogens (tertiary/aromatic N) is 4. The molecule has 0 fully saturated rings. The molecule has 2 heterocycles. The Kier molecular flexibility index (Phi) is 5.56. The van der Waals surface area contributed by atoms with Crippen LogP contribution >= 0.6 is 11.3 Å². The van der Waals surface area contributed by atoms with E-state index in [9.17, 15) is 0 Å². The van der Waals surface area contributed by atoms with Crippen molar-refractivity contribution in [1.82, 2.24) is 19.8 Å². The highest BCUT2D eigenvalue weighted by Crippen LogP contribution is 2.29. The Balaban J connectivity index is 1.34. The van der Waals surface area contributed by atoms with Gasteiger partial charge >= 0.3 is 0 Å². The van der Waals surface area contributed by atoms with Crippen LogP contribution in [-0.2, 0) is 12.8 Å². The molecule has 160 valence electrons. The molecule has 7 heteroatoms. The third kappa shape index (κ3) is 4.07. The molecule has 5 aromatic rings. The average Bonchev–Trinajstić information content (AvgIpc) is 3.41. The summed E-state index contributed by atoms with van der Waals surface area (Å²) in [5.41, 5.74) is 4.71. The van der Waals surface area contributed by atoms with Crippen molar-refractivity contribution < 1.29 is 9.47 Å². The van der Waals surface area contributed by atoms with Gasteiger partial charge in [-0.05, 0) is 34.4 Å². The molecule has 0 atom stereocenters. The molecule has 6 nitrogen and oxygen atoms in total. The molecule has 0 bridgehead atoms. The van der Waals surface area contributed by atoms with E-state index in [1.165, 1.54) is 16.7 Å². The molecule has 0 saturated carbocycles. The Morgan fingerprint density at radius 1 is 0.750 bits per heavy atom. The second kappa shape index (κ2) is 8.80. The van der Waals surface area contributed by atoms with E-state index < -0.39 is 0 Å². The number of rotatable bonds is 7. The molecular weight excluding hydrogens is 420 g/mol. The van der Waals surface area contributed by atoms with E-state index in [1.54, 1.807) is 25.6 Å². The molecule has 32 heavy (non-hydrogen) atoms. The fraction of sp³-hybridized carbons (Fsp3) is 0.160. The second-order valence-corrected chi connectivity index (χ2v) is 8.45. The molecule has 0 saturated heterocycles. The fourth-order valence-corrected chi connectivity index (χ4v) is 4.56. The molecule has 0 amide bonds. The largest absolute Gasteiger partial charge is 0.493 e. The number of benzene rings is 3. The van der Waals surface area contributed by atoms with Crippen LogP contribution < -0.4 is 9.47 Å². The molecule has 0 aliphatic rings. The molecule has 0 N–H and O–H groups in total. The van der Waals surface area contributed by atoms with Crippen LogP contribution in [0.3, 0.4) is 0 Å². The van der Waals surface area contributed by atoms with Crippen molar-refractivity contribution >= 4 is 16.3 Å². The lowest BCUT2D eigenvalue weighted by atomic mass is 10.0. The van der Waals surface area contributed by atoms with Gasteiger partial charge in [-0.3, -0.25) is 0 Å². The minimum absolute atomic E-state index is 0.608. The standard InChI is InChI=1S/C25H22N4O2S/c1-30-21-13-10-18(14-22(21)31-2)15-23-26-27-25-29(23)28-24(32-25)16-17-8-11-20(12-9-17)19-6-4-3-5-7-19/h3-14H,15-16H2,1-2H3. The van der Waals surface area contributed by atoms with E-state index in [4.69, 9.17) is 14.6 Å². The summed E-state index contributed by atoms with van der Waals surface area (Å²) in [5.74, 6) is 2.20. The van der Waals surface area contributed by atoms with Crippen molar-refractivity contribution in [3.63, 3.8) is 0 Å². The predicted octanol–water partition coefficient (Wildman–Crippen LogP) is 5.05. The first-order chi connectivity index (χ1) is 15.7. The average molecular weight is 443 g/mol. The Bertz CT molecular complexity index is 1340. The van der Waals surface area contributed by atoms with E-state index in [0.29, 0.717) is 17.9 Å². The topological polar surface area (TPSA) is 61.5 Å². The summed E-state index contributed by atoms with van der Waals surface area (Å²) in [6, 6.07) is 24.9. The highest BCUT2D eigenvalue weighted by molar-refractivity contribution is 7.16. The van der Waals surface area contributed by atoms with Gasteiger partial charge in [-0.25, -0.2) is 0 Å². The van der Waals surface area contributed by atoms with Gasteiger partial charge in [0.15, 0.2) is 17.3 Å². The summed E-state index contributed by atoms with van der Waals surface area (Å²) >= 11 is 1.57. The van der Waals surface area contributed by atoms with Crippen LogP contribution in [0.5, 0.6) is 11.5 Å². The quantitative estimate of drug-likeness (QED) is 0.353.